The Labute approximate surface area is 78.5 Å². The zero-order valence-corrected chi connectivity index (χ0v) is 7.99. The molecule has 76 valence electrons. The third-order valence-electron chi connectivity index (χ3n) is 2.57. The van der Waals surface area contributed by atoms with Crippen LogP contribution in [0.1, 0.15) is 26.2 Å². The van der Waals surface area contributed by atoms with Crippen LogP contribution in [0.2, 0.25) is 0 Å². The summed E-state index contributed by atoms with van der Waals surface area (Å²) in [6, 6.07) is -0.460. The summed E-state index contributed by atoms with van der Waals surface area (Å²) in [5.74, 6) is 0.0850. The fourth-order valence-electron chi connectivity index (χ4n) is 1.65. The lowest BCUT2D eigenvalue weighted by Gasteiger charge is -2.15. The van der Waals surface area contributed by atoms with Crippen molar-refractivity contribution in [2.75, 3.05) is 6.54 Å². The Morgan fingerprint density at radius 3 is 2.85 bits per heavy atom. The first-order valence-corrected chi connectivity index (χ1v) is 4.82. The maximum Gasteiger partial charge on any atom is 0.236 e. The first-order chi connectivity index (χ1) is 6.11. The van der Waals surface area contributed by atoms with Crippen LogP contribution in [0.5, 0.6) is 0 Å². The van der Waals surface area contributed by atoms with Crippen molar-refractivity contribution in [3.8, 4) is 0 Å². The molecule has 0 aromatic rings. The van der Waals surface area contributed by atoms with Crippen molar-refractivity contribution >= 4 is 5.91 Å². The molecule has 4 nitrogen and oxygen atoms in total. The van der Waals surface area contributed by atoms with Gasteiger partial charge < -0.3 is 16.2 Å². The van der Waals surface area contributed by atoms with Crippen LogP contribution in [-0.4, -0.2) is 29.7 Å². The average Bonchev–Trinajstić information content (AvgIpc) is 2.47. The molecule has 4 heteroatoms. The molecule has 1 amide bonds. The van der Waals surface area contributed by atoms with Gasteiger partial charge in [-0.25, -0.2) is 0 Å². The van der Waals surface area contributed by atoms with Gasteiger partial charge in [-0.2, -0.15) is 0 Å². The number of aliphatic hydroxyl groups is 1. The summed E-state index contributed by atoms with van der Waals surface area (Å²) >= 11 is 0. The number of nitrogens with one attached hydrogen (secondary N) is 1. The Morgan fingerprint density at radius 2 is 2.38 bits per heavy atom. The monoisotopic (exact) mass is 186 g/mol. The van der Waals surface area contributed by atoms with Crippen LogP contribution in [0.25, 0.3) is 0 Å². The smallest absolute Gasteiger partial charge is 0.236 e. The zero-order valence-electron chi connectivity index (χ0n) is 7.99. The lowest BCUT2D eigenvalue weighted by atomic mass is 10.1. The second-order valence-electron chi connectivity index (χ2n) is 3.79. The molecule has 0 radical (unpaired) electrons. The van der Waals surface area contributed by atoms with E-state index in [0.29, 0.717) is 6.54 Å². The molecule has 0 spiro atoms. The fraction of sp³-hybridized carbons (Fsp3) is 0.889. The van der Waals surface area contributed by atoms with E-state index < -0.39 is 6.04 Å². The standard InChI is InChI=1S/C9H18N2O2/c1-6(10)9(13)11-5-7-3-2-4-8(7)12/h6-8,12H,2-5,10H2,1H3,(H,11,13)/t6-,7?,8?/m1/s1. The van der Waals surface area contributed by atoms with Crippen molar-refractivity contribution in [3.05, 3.63) is 0 Å². The molecule has 1 fully saturated rings. The number of carbonyl (C=O) groups is 1. The number of aliphatic hydroxyl groups excluding tert-OH is 1. The van der Waals surface area contributed by atoms with E-state index in [1.807, 2.05) is 0 Å². The lowest BCUT2D eigenvalue weighted by molar-refractivity contribution is -0.122. The highest BCUT2D eigenvalue weighted by molar-refractivity contribution is 5.80. The molecule has 0 aromatic heterocycles. The van der Waals surface area contributed by atoms with Gasteiger partial charge in [0, 0.05) is 12.5 Å². The molecule has 13 heavy (non-hydrogen) atoms. The van der Waals surface area contributed by atoms with Gasteiger partial charge in [0.2, 0.25) is 5.91 Å². The second-order valence-corrected chi connectivity index (χ2v) is 3.79. The van der Waals surface area contributed by atoms with Gasteiger partial charge in [0.15, 0.2) is 0 Å². The molecule has 4 N–H and O–H groups in total. The highest BCUT2D eigenvalue weighted by Gasteiger charge is 2.25. The highest BCUT2D eigenvalue weighted by atomic mass is 16.3. The molecule has 1 rings (SSSR count). The summed E-state index contributed by atoms with van der Waals surface area (Å²) in [4.78, 5) is 11.1. The minimum Gasteiger partial charge on any atom is -0.393 e. The van der Waals surface area contributed by atoms with E-state index in [2.05, 4.69) is 5.32 Å². The van der Waals surface area contributed by atoms with E-state index in [0.717, 1.165) is 19.3 Å². The Hall–Kier alpha value is -0.610. The predicted molar refractivity (Wildman–Crippen MR) is 50.0 cm³/mol. The van der Waals surface area contributed by atoms with Gasteiger partial charge in [-0.05, 0) is 19.8 Å². The minimum atomic E-state index is -0.460. The summed E-state index contributed by atoms with van der Waals surface area (Å²) in [7, 11) is 0. The molecular formula is C9H18N2O2. The van der Waals surface area contributed by atoms with Gasteiger partial charge in [0.1, 0.15) is 0 Å². The quantitative estimate of drug-likeness (QED) is 0.562. The molecule has 1 aliphatic carbocycles. The number of hydrogen-bond donors (Lipinski definition) is 3. The molecule has 0 aliphatic heterocycles. The Bertz CT molecular complexity index is 182. The van der Waals surface area contributed by atoms with E-state index in [4.69, 9.17) is 5.73 Å². The molecule has 0 heterocycles. The van der Waals surface area contributed by atoms with Crippen molar-refractivity contribution in [2.45, 2.75) is 38.3 Å². The van der Waals surface area contributed by atoms with E-state index in [1.165, 1.54) is 0 Å². The largest absolute Gasteiger partial charge is 0.393 e. The van der Waals surface area contributed by atoms with Crippen LogP contribution >= 0.6 is 0 Å². The van der Waals surface area contributed by atoms with E-state index in [-0.39, 0.29) is 17.9 Å². The molecular weight excluding hydrogens is 168 g/mol. The van der Waals surface area contributed by atoms with E-state index >= 15 is 0 Å². The summed E-state index contributed by atoms with van der Waals surface area (Å²) < 4.78 is 0. The van der Waals surface area contributed by atoms with Crippen LogP contribution in [-0.2, 0) is 4.79 Å². The van der Waals surface area contributed by atoms with Crippen LogP contribution < -0.4 is 11.1 Å². The lowest BCUT2D eigenvalue weighted by Crippen LogP contribution is -2.41. The molecule has 0 bridgehead atoms. The van der Waals surface area contributed by atoms with Gasteiger partial charge in [0.25, 0.3) is 0 Å². The highest BCUT2D eigenvalue weighted by Crippen LogP contribution is 2.24. The van der Waals surface area contributed by atoms with Crippen LogP contribution in [0.4, 0.5) is 0 Å². The number of carbonyl (C=O) groups excluding carboxylic acids is 1. The number of hydrogen-bond acceptors (Lipinski definition) is 3. The Balaban J connectivity index is 2.22. The molecule has 1 saturated carbocycles. The van der Waals surface area contributed by atoms with Gasteiger partial charge in [0.05, 0.1) is 12.1 Å². The zero-order chi connectivity index (χ0) is 9.84. The van der Waals surface area contributed by atoms with Crippen LogP contribution in [0.15, 0.2) is 0 Å². The molecule has 3 atom stereocenters. The summed E-state index contributed by atoms with van der Waals surface area (Å²) in [5, 5.41) is 12.2. The maximum absolute atomic E-state index is 11.1. The van der Waals surface area contributed by atoms with Crippen molar-refractivity contribution in [3.63, 3.8) is 0 Å². The Morgan fingerprint density at radius 1 is 1.69 bits per heavy atom. The number of amides is 1. The van der Waals surface area contributed by atoms with E-state index in [1.54, 1.807) is 6.92 Å². The van der Waals surface area contributed by atoms with Crippen molar-refractivity contribution in [2.24, 2.45) is 11.7 Å². The Kier molecular flexibility index (Phi) is 3.69. The molecule has 2 unspecified atom stereocenters. The third kappa shape index (κ3) is 2.97. The first-order valence-electron chi connectivity index (χ1n) is 4.82. The topological polar surface area (TPSA) is 75.4 Å². The normalized spacial score (nSPS) is 30.1. The summed E-state index contributed by atoms with van der Waals surface area (Å²) in [6.45, 7) is 2.21. The average molecular weight is 186 g/mol. The van der Waals surface area contributed by atoms with Crippen LogP contribution in [0, 0.1) is 5.92 Å². The minimum absolute atomic E-state index is 0.140. The first kappa shape index (κ1) is 10.5. The SMILES string of the molecule is C[C@@H](N)C(=O)NCC1CCCC1O. The number of nitrogens with two attached hydrogens (primary N) is 1. The van der Waals surface area contributed by atoms with Crippen molar-refractivity contribution < 1.29 is 9.90 Å². The van der Waals surface area contributed by atoms with E-state index in [9.17, 15) is 9.90 Å². The third-order valence-corrected chi connectivity index (χ3v) is 2.57. The molecule has 0 saturated heterocycles. The van der Waals surface area contributed by atoms with Gasteiger partial charge in [-0.3, -0.25) is 4.79 Å². The number of rotatable bonds is 3. The second kappa shape index (κ2) is 4.58. The summed E-state index contributed by atoms with van der Waals surface area (Å²) in [6.07, 6.45) is 2.67. The van der Waals surface area contributed by atoms with Gasteiger partial charge >= 0.3 is 0 Å². The molecule has 0 aromatic carbocycles. The van der Waals surface area contributed by atoms with Crippen molar-refractivity contribution in [1.82, 2.24) is 5.32 Å². The predicted octanol–water partition coefficient (Wildman–Crippen LogP) is -0.389. The van der Waals surface area contributed by atoms with Gasteiger partial charge in [-0.1, -0.05) is 6.42 Å². The molecule has 1 aliphatic rings. The fourth-order valence-corrected chi connectivity index (χ4v) is 1.65. The summed E-state index contributed by atoms with van der Waals surface area (Å²) in [5.41, 5.74) is 5.38. The van der Waals surface area contributed by atoms with Crippen LogP contribution in [0.3, 0.4) is 0 Å². The maximum atomic E-state index is 11.1. The van der Waals surface area contributed by atoms with Crippen molar-refractivity contribution in [1.29, 1.82) is 0 Å². The van der Waals surface area contributed by atoms with Gasteiger partial charge in [-0.15, -0.1) is 0 Å².